The van der Waals surface area contributed by atoms with Gasteiger partial charge in [-0.1, -0.05) is 29.7 Å². The van der Waals surface area contributed by atoms with Gasteiger partial charge in [0.25, 0.3) is 5.91 Å². The van der Waals surface area contributed by atoms with Crippen LogP contribution < -0.4 is 5.32 Å². The van der Waals surface area contributed by atoms with E-state index >= 15 is 0 Å². The van der Waals surface area contributed by atoms with E-state index in [1.165, 1.54) is 6.07 Å². The van der Waals surface area contributed by atoms with Crippen LogP contribution in [0, 0.1) is 30.9 Å². The van der Waals surface area contributed by atoms with Gasteiger partial charge < -0.3 is 5.32 Å². The molecule has 32 heavy (non-hydrogen) atoms. The van der Waals surface area contributed by atoms with Gasteiger partial charge in [0.15, 0.2) is 0 Å². The number of aromatic nitrogens is 1. The monoisotopic (exact) mass is 428 g/mol. The molecule has 0 aliphatic heterocycles. The lowest BCUT2D eigenvalue weighted by Crippen LogP contribution is -2.15. The molecule has 1 aromatic heterocycles. The van der Waals surface area contributed by atoms with Crippen LogP contribution in [0.4, 0.5) is 14.5 Å². The van der Waals surface area contributed by atoms with Crippen LogP contribution in [0.25, 0.3) is 11.1 Å². The number of hydrogen-bond donors (Lipinski definition) is 1. The molecule has 0 saturated carbocycles. The minimum absolute atomic E-state index is 0.416. The molecule has 1 heterocycles. The summed E-state index contributed by atoms with van der Waals surface area (Å²) in [6.45, 7) is 5.93. The van der Waals surface area contributed by atoms with Gasteiger partial charge in [0.1, 0.15) is 17.2 Å². The molecule has 0 bridgehead atoms. The minimum Gasteiger partial charge on any atom is -0.322 e. The van der Waals surface area contributed by atoms with Gasteiger partial charge in [0.2, 0.25) is 0 Å². The first kappa shape index (κ1) is 22.6. The predicted molar refractivity (Wildman–Crippen MR) is 125 cm³/mol. The molecule has 160 valence electrons. The van der Waals surface area contributed by atoms with Gasteiger partial charge in [-0.15, -0.1) is 6.42 Å². The molecule has 0 aliphatic carbocycles. The Morgan fingerprint density at radius 3 is 2.28 bits per heavy atom. The van der Waals surface area contributed by atoms with Crippen molar-refractivity contribution in [3.05, 3.63) is 106 Å². The number of pyridine rings is 1. The lowest BCUT2D eigenvalue weighted by atomic mass is 9.95. The zero-order chi connectivity index (χ0) is 23.3. The Hall–Kier alpha value is -4.04. The Kier molecular flexibility index (Phi) is 6.97. The third-order valence-electron chi connectivity index (χ3n) is 4.96. The molecule has 3 rings (SSSR count). The largest absolute Gasteiger partial charge is 0.322 e. The summed E-state index contributed by atoms with van der Waals surface area (Å²) in [5.41, 5.74) is 5.27. The maximum Gasteiger partial charge on any atom is 0.261 e. The number of nitrogens with zero attached hydrogens (tertiary/aromatic N) is 1. The molecular weight excluding hydrogens is 406 g/mol. The summed E-state index contributed by atoms with van der Waals surface area (Å²) in [6, 6.07) is 12.2. The van der Waals surface area contributed by atoms with E-state index in [9.17, 15) is 13.6 Å². The van der Waals surface area contributed by atoms with Crippen molar-refractivity contribution >= 4 is 22.7 Å². The highest BCUT2D eigenvalue weighted by Gasteiger charge is 2.17. The molecule has 0 fully saturated rings. The summed E-state index contributed by atoms with van der Waals surface area (Å²) in [4.78, 5) is 16.5. The summed E-state index contributed by atoms with van der Waals surface area (Å²) >= 11 is 0. The van der Waals surface area contributed by atoms with Crippen LogP contribution in [0.3, 0.4) is 0 Å². The highest BCUT2D eigenvalue weighted by atomic mass is 19.1. The van der Waals surface area contributed by atoms with Crippen LogP contribution in [0.1, 0.15) is 40.9 Å². The Bertz CT molecular complexity index is 1240. The van der Waals surface area contributed by atoms with Crippen LogP contribution in [0.15, 0.2) is 72.6 Å². The van der Waals surface area contributed by atoms with E-state index < -0.39 is 23.1 Å². The highest BCUT2D eigenvalue weighted by molar-refractivity contribution is 6.04. The summed E-state index contributed by atoms with van der Waals surface area (Å²) in [5.74, 6) is 0.0631. The minimum atomic E-state index is -0.913. The zero-order valence-electron chi connectivity index (χ0n) is 18.0. The molecule has 5 heteroatoms. The van der Waals surface area contributed by atoms with Crippen LogP contribution in [-0.4, -0.2) is 10.9 Å². The summed E-state index contributed by atoms with van der Waals surface area (Å²) in [6.07, 6.45) is 11.2. The number of nitrogens with one attached hydrogen (secondary N) is 1. The predicted octanol–water partition coefficient (Wildman–Crippen LogP) is 6.43. The number of amides is 1. The Balaban J connectivity index is 1.89. The molecular formula is C27H22F2N2O. The first-order chi connectivity index (χ1) is 15.3. The standard InChI is InChI=1S/C27H22F2N2O/c1-5-19(23-16-30-14-13-18(23)4)15-22(17(2)3)20-9-11-21(12-10-20)31-27(32)26-24(28)7-6-8-25(26)29/h1,6-16H,2-4H3,(H,31,32)/b19-15+. The third kappa shape index (κ3) is 4.98. The molecule has 0 spiro atoms. The SMILES string of the molecule is C#C/C(=C\C(=C(C)C)c1ccc(NC(=O)c2c(F)cccc2F)cc1)c1cnccc1C. The summed E-state index contributed by atoms with van der Waals surface area (Å²) in [5, 5.41) is 2.53. The van der Waals surface area contributed by atoms with Crippen LogP contribution in [-0.2, 0) is 0 Å². The van der Waals surface area contributed by atoms with Gasteiger partial charge >= 0.3 is 0 Å². The van der Waals surface area contributed by atoms with Crippen molar-refractivity contribution in [1.82, 2.24) is 4.98 Å². The number of carbonyl (C=O) groups is 1. The smallest absolute Gasteiger partial charge is 0.261 e. The maximum atomic E-state index is 13.9. The number of allylic oxidation sites excluding steroid dienone is 4. The molecule has 1 amide bonds. The molecule has 0 radical (unpaired) electrons. The van der Waals surface area contributed by atoms with Crippen molar-refractivity contribution < 1.29 is 13.6 Å². The van der Waals surface area contributed by atoms with Gasteiger partial charge in [-0.2, -0.15) is 0 Å². The fraction of sp³-hybridized carbons (Fsp3) is 0.111. The van der Waals surface area contributed by atoms with Gasteiger partial charge in [-0.3, -0.25) is 9.78 Å². The number of terminal acetylenes is 1. The fourth-order valence-electron chi connectivity index (χ4n) is 3.25. The topological polar surface area (TPSA) is 42.0 Å². The second-order valence-electron chi connectivity index (χ2n) is 7.43. The fourth-order valence-corrected chi connectivity index (χ4v) is 3.25. The molecule has 3 aromatic rings. The quantitative estimate of drug-likeness (QED) is 0.376. The van der Waals surface area contributed by atoms with E-state index in [-0.39, 0.29) is 0 Å². The number of hydrogen-bond acceptors (Lipinski definition) is 2. The number of benzene rings is 2. The van der Waals surface area contributed by atoms with E-state index in [1.54, 1.807) is 24.5 Å². The van der Waals surface area contributed by atoms with E-state index in [0.29, 0.717) is 11.3 Å². The van der Waals surface area contributed by atoms with Crippen molar-refractivity contribution in [1.29, 1.82) is 0 Å². The lowest BCUT2D eigenvalue weighted by molar-refractivity contribution is 0.101. The molecule has 0 unspecified atom stereocenters. The molecule has 3 nitrogen and oxygen atoms in total. The van der Waals surface area contributed by atoms with Crippen molar-refractivity contribution in [2.45, 2.75) is 20.8 Å². The van der Waals surface area contributed by atoms with Crippen LogP contribution in [0.2, 0.25) is 0 Å². The Morgan fingerprint density at radius 2 is 1.72 bits per heavy atom. The Labute approximate surface area is 186 Å². The molecule has 0 atom stereocenters. The van der Waals surface area contributed by atoms with Gasteiger partial charge in [0, 0.05) is 29.2 Å². The average molecular weight is 428 g/mol. The second kappa shape index (κ2) is 9.84. The van der Waals surface area contributed by atoms with Crippen molar-refractivity contribution in [2.24, 2.45) is 0 Å². The van der Waals surface area contributed by atoms with Crippen LogP contribution in [0.5, 0.6) is 0 Å². The maximum absolute atomic E-state index is 13.9. The molecule has 0 aliphatic rings. The number of carbonyl (C=O) groups excluding carboxylic acids is 1. The molecule has 0 saturated heterocycles. The molecule has 1 N–H and O–H groups in total. The number of rotatable bonds is 5. The van der Waals surface area contributed by atoms with E-state index in [4.69, 9.17) is 6.42 Å². The van der Waals surface area contributed by atoms with Gasteiger partial charge in [0.05, 0.1) is 0 Å². The average Bonchev–Trinajstić information content (AvgIpc) is 2.76. The second-order valence-corrected chi connectivity index (χ2v) is 7.43. The summed E-state index contributed by atoms with van der Waals surface area (Å²) < 4.78 is 27.7. The summed E-state index contributed by atoms with van der Waals surface area (Å²) in [7, 11) is 0. The van der Waals surface area contributed by atoms with E-state index in [0.717, 1.165) is 40.0 Å². The third-order valence-corrected chi connectivity index (χ3v) is 4.96. The van der Waals surface area contributed by atoms with E-state index in [2.05, 4.69) is 16.2 Å². The number of halogens is 2. The van der Waals surface area contributed by atoms with Gasteiger partial charge in [-0.25, -0.2) is 8.78 Å². The first-order valence-corrected chi connectivity index (χ1v) is 9.94. The van der Waals surface area contributed by atoms with Crippen molar-refractivity contribution in [3.8, 4) is 12.3 Å². The van der Waals surface area contributed by atoms with Crippen LogP contribution >= 0.6 is 0 Å². The van der Waals surface area contributed by atoms with Crippen molar-refractivity contribution in [2.75, 3.05) is 5.32 Å². The first-order valence-electron chi connectivity index (χ1n) is 9.94. The highest BCUT2D eigenvalue weighted by Crippen LogP contribution is 2.27. The zero-order valence-corrected chi connectivity index (χ0v) is 18.0. The number of anilines is 1. The lowest BCUT2D eigenvalue weighted by Gasteiger charge is -2.11. The number of aryl methyl sites for hydroxylation is 1. The Morgan fingerprint density at radius 1 is 1.06 bits per heavy atom. The van der Waals surface area contributed by atoms with Gasteiger partial charge in [-0.05, 0) is 73.9 Å². The van der Waals surface area contributed by atoms with E-state index in [1.807, 2.05) is 45.0 Å². The van der Waals surface area contributed by atoms with Crippen molar-refractivity contribution in [3.63, 3.8) is 0 Å². The normalized spacial score (nSPS) is 10.9. The molecule has 2 aromatic carbocycles.